The van der Waals surface area contributed by atoms with E-state index in [1.807, 2.05) is 30.3 Å². The predicted molar refractivity (Wildman–Crippen MR) is 112 cm³/mol. The SMILES string of the molecule is COc1ccc(O[C@H](C)C(=O)Nc2cc3oc4ccccc4c3cc2OC)cc1. The smallest absolute Gasteiger partial charge is 0.265 e. The molecule has 0 aliphatic heterocycles. The van der Waals surface area contributed by atoms with Gasteiger partial charge in [-0.25, -0.2) is 0 Å². The second kappa shape index (κ2) is 7.75. The Morgan fingerprint density at radius 2 is 1.62 bits per heavy atom. The highest BCUT2D eigenvalue weighted by Crippen LogP contribution is 2.36. The molecule has 0 radical (unpaired) electrons. The highest BCUT2D eigenvalue weighted by Gasteiger charge is 2.19. The van der Waals surface area contributed by atoms with Crippen LogP contribution in [-0.2, 0) is 4.79 Å². The Morgan fingerprint density at radius 3 is 2.34 bits per heavy atom. The summed E-state index contributed by atoms with van der Waals surface area (Å²) in [5.41, 5.74) is 1.98. The van der Waals surface area contributed by atoms with Crippen LogP contribution in [0, 0.1) is 0 Å². The van der Waals surface area contributed by atoms with Crippen LogP contribution in [0.5, 0.6) is 17.2 Å². The third-order valence-corrected chi connectivity index (χ3v) is 4.70. The van der Waals surface area contributed by atoms with E-state index in [4.69, 9.17) is 18.6 Å². The molecule has 0 saturated carbocycles. The number of fused-ring (bicyclic) bond motifs is 3. The number of anilines is 1. The summed E-state index contributed by atoms with van der Waals surface area (Å²) in [6, 6.07) is 18.5. The molecular weight excluding hydrogens is 370 g/mol. The number of para-hydroxylation sites is 1. The summed E-state index contributed by atoms with van der Waals surface area (Å²) in [4.78, 5) is 12.7. The first kappa shape index (κ1) is 18.7. The van der Waals surface area contributed by atoms with Crippen LogP contribution < -0.4 is 19.5 Å². The number of carbonyl (C=O) groups excluding carboxylic acids is 1. The molecule has 6 nitrogen and oxygen atoms in total. The second-order valence-corrected chi connectivity index (χ2v) is 6.57. The lowest BCUT2D eigenvalue weighted by atomic mass is 10.1. The lowest BCUT2D eigenvalue weighted by molar-refractivity contribution is -0.122. The van der Waals surface area contributed by atoms with Crippen LogP contribution in [0.4, 0.5) is 5.69 Å². The number of ether oxygens (including phenoxy) is 3. The molecule has 6 heteroatoms. The number of carbonyl (C=O) groups is 1. The summed E-state index contributed by atoms with van der Waals surface area (Å²) in [6.07, 6.45) is -0.709. The normalized spacial score (nSPS) is 12.0. The fourth-order valence-corrected chi connectivity index (χ4v) is 3.16. The first-order valence-corrected chi connectivity index (χ1v) is 9.20. The number of hydrogen-bond acceptors (Lipinski definition) is 5. The van der Waals surface area contributed by atoms with Crippen LogP contribution >= 0.6 is 0 Å². The molecule has 1 heterocycles. The van der Waals surface area contributed by atoms with Gasteiger partial charge in [0.05, 0.1) is 19.9 Å². The zero-order valence-electron chi connectivity index (χ0n) is 16.4. The van der Waals surface area contributed by atoms with Crippen molar-refractivity contribution >= 4 is 33.5 Å². The van der Waals surface area contributed by atoms with Crippen molar-refractivity contribution in [3.8, 4) is 17.2 Å². The molecule has 0 bridgehead atoms. The van der Waals surface area contributed by atoms with Gasteiger partial charge in [0.15, 0.2) is 6.10 Å². The standard InChI is InChI=1S/C23H21NO5/c1-14(28-16-10-8-15(26-2)9-11-16)23(25)24-19-13-21-18(12-22(19)27-3)17-6-4-5-7-20(17)29-21/h4-14H,1-3H3,(H,24,25)/t14-/m1/s1. The zero-order valence-corrected chi connectivity index (χ0v) is 16.4. The van der Waals surface area contributed by atoms with Gasteiger partial charge in [0.25, 0.3) is 5.91 Å². The van der Waals surface area contributed by atoms with Crippen LogP contribution in [0.1, 0.15) is 6.92 Å². The van der Waals surface area contributed by atoms with Crippen LogP contribution in [0.3, 0.4) is 0 Å². The van der Waals surface area contributed by atoms with Gasteiger partial charge in [-0.15, -0.1) is 0 Å². The van der Waals surface area contributed by atoms with Gasteiger partial charge in [0.1, 0.15) is 28.4 Å². The van der Waals surface area contributed by atoms with E-state index < -0.39 is 6.10 Å². The molecule has 0 saturated heterocycles. The van der Waals surface area contributed by atoms with E-state index in [-0.39, 0.29) is 5.91 Å². The van der Waals surface area contributed by atoms with E-state index in [2.05, 4.69) is 5.32 Å². The molecule has 1 aromatic heterocycles. The van der Waals surface area contributed by atoms with Gasteiger partial charge in [-0.1, -0.05) is 18.2 Å². The van der Waals surface area contributed by atoms with Crippen molar-refractivity contribution in [2.24, 2.45) is 0 Å². The number of methoxy groups -OCH3 is 2. The van der Waals surface area contributed by atoms with Crippen LogP contribution in [0.15, 0.2) is 65.1 Å². The Kier molecular flexibility index (Phi) is 4.99. The maximum absolute atomic E-state index is 12.7. The number of hydrogen-bond donors (Lipinski definition) is 1. The van der Waals surface area contributed by atoms with Crippen LogP contribution in [0.2, 0.25) is 0 Å². The second-order valence-electron chi connectivity index (χ2n) is 6.57. The first-order chi connectivity index (χ1) is 14.1. The van der Waals surface area contributed by atoms with E-state index in [0.29, 0.717) is 22.8 Å². The van der Waals surface area contributed by atoms with Gasteiger partial charge < -0.3 is 23.9 Å². The van der Waals surface area contributed by atoms with Crippen LogP contribution in [-0.4, -0.2) is 26.2 Å². The van der Waals surface area contributed by atoms with Gasteiger partial charge in [0.2, 0.25) is 0 Å². The van der Waals surface area contributed by atoms with Crippen molar-refractivity contribution in [1.29, 1.82) is 0 Å². The molecule has 0 spiro atoms. The highest BCUT2D eigenvalue weighted by atomic mass is 16.5. The van der Waals surface area contributed by atoms with Gasteiger partial charge in [-0.05, 0) is 43.3 Å². The molecule has 0 aliphatic carbocycles. The average molecular weight is 391 g/mol. The Balaban J connectivity index is 1.56. The summed E-state index contributed by atoms with van der Waals surface area (Å²) < 4.78 is 22.2. The topological polar surface area (TPSA) is 69.9 Å². The monoisotopic (exact) mass is 391 g/mol. The average Bonchev–Trinajstić information content (AvgIpc) is 3.11. The molecule has 148 valence electrons. The molecular formula is C23H21NO5. The summed E-state index contributed by atoms with van der Waals surface area (Å²) in [7, 11) is 3.16. The fourth-order valence-electron chi connectivity index (χ4n) is 3.16. The van der Waals surface area contributed by atoms with Crippen molar-refractivity contribution in [2.75, 3.05) is 19.5 Å². The lowest BCUT2D eigenvalue weighted by Gasteiger charge is -2.16. The minimum absolute atomic E-state index is 0.297. The van der Waals surface area contributed by atoms with Gasteiger partial charge in [-0.2, -0.15) is 0 Å². The molecule has 29 heavy (non-hydrogen) atoms. The number of furan rings is 1. The minimum atomic E-state index is -0.709. The van der Waals surface area contributed by atoms with E-state index in [1.165, 1.54) is 0 Å². The minimum Gasteiger partial charge on any atom is -0.497 e. The molecule has 1 atom stereocenters. The third kappa shape index (κ3) is 3.69. The highest BCUT2D eigenvalue weighted by molar-refractivity contribution is 6.08. The van der Waals surface area contributed by atoms with Gasteiger partial charge >= 0.3 is 0 Å². The van der Waals surface area contributed by atoms with Gasteiger partial charge in [-0.3, -0.25) is 4.79 Å². The number of amides is 1. The Hall–Kier alpha value is -3.67. The summed E-state index contributed by atoms with van der Waals surface area (Å²) in [6.45, 7) is 1.69. The predicted octanol–water partition coefficient (Wildman–Crippen LogP) is 5.01. The largest absolute Gasteiger partial charge is 0.497 e. The van der Waals surface area contributed by atoms with E-state index >= 15 is 0 Å². The Bertz CT molecular complexity index is 1160. The Morgan fingerprint density at radius 1 is 0.897 bits per heavy atom. The molecule has 4 aromatic rings. The van der Waals surface area contributed by atoms with Crippen molar-refractivity contribution < 1.29 is 23.4 Å². The van der Waals surface area contributed by atoms with Crippen molar-refractivity contribution in [3.63, 3.8) is 0 Å². The molecule has 0 fully saturated rings. The van der Waals surface area contributed by atoms with Crippen molar-refractivity contribution in [1.82, 2.24) is 0 Å². The first-order valence-electron chi connectivity index (χ1n) is 9.20. The number of rotatable bonds is 6. The summed E-state index contributed by atoms with van der Waals surface area (Å²) in [5.74, 6) is 1.55. The molecule has 3 aromatic carbocycles. The van der Waals surface area contributed by atoms with Crippen LogP contribution in [0.25, 0.3) is 21.9 Å². The maximum atomic E-state index is 12.7. The van der Waals surface area contributed by atoms with Crippen molar-refractivity contribution in [3.05, 3.63) is 60.7 Å². The molecule has 0 unspecified atom stereocenters. The number of nitrogens with one attached hydrogen (secondary N) is 1. The Labute approximate surface area is 168 Å². The molecule has 0 aliphatic rings. The van der Waals surface area contributed by atoms with E-state index in [0.717, 1.165) is 22.1 Å². The van der Waals surface area contributed by atoms with Gasteiger partial charge in [0, 0.05) is 16.8 Å². The maximum Gasteiger partial charge on any atom is 0.265 e. The third-order valence-electron chi connectivity index (χ3n) is 4.70. The molecule has 4 rings (SSSR count). The summed E-state index contributed by atoms with van der Waals surface area (Å²) >= 11 is 0. The quantitative estimate of drug-likeness (QED) is 0.500. The lowest BCUT2D eigenvalue weighted by Crippen LogP contribution is -2.30. The summed E-state index contributed by atoms with van der Waals surface area (Å²) in [5, 5.41) is 4.79. The molecule has 1 N–H and O–H groups in total. The fraction of sp³-hybridized carbons (Fsp3) is 0.174. The van der Waals surface area contributed by atoms with E-state index in [9.17, 15) is 4.79 Å². The van der Waals surface area contributed by atoms with Crippen molar-refractivity contribution in [2.45, 2.75) is 13.0 Å². The number of benzene rings is 3. The molecule has 1 amide bonds. The zero-order chi connectivity index (χ0) is 20.4. The van der Waals surface area contributed by atoms with E-state index in [1.54, 1.807) is 51.5 Å².